The maximum absolute atomic E-state index is 13.9. The van der Waals surface area contributed by atoms with E-state index in [1.807, 2.05) is 11.0 Å². The molecule has 4 rings (SSSR count). The molecule has 2 N–H and O–H groups in total. The summed E-state index contributed by atoms with van der Waals surface area (Å²) in [6, 6.07) is 19.8. The second-order valence-corrected chi connectivity index (χ2v) is 7.54. The van der Waals surface area contributed by atoms with Crippen molar-refractivity contribution >= 4 is 17.5 Å². The number of carbonyl (C=O) groups excluding carboxylic acids is 2. The van der Waals surface area contributed by atoms with Crippen LogP contribution in [0.5, 0.6) is 11.5 Å². The fraction of sp³-hybridized carbons (Fsp3) is 0.160. The van der Waals surface area contributed by atoms with Crippen LogP contribution >= 0.6 is 0 Å². The molecule has 1 heterocycles. The van der Waals surface area contributed by atoms with Crippen molar-refractivity contribution in [2.75, 3.05) is 31.1 Å². The van der Waals surface area contributed by atoms with Crippen molar-refractivity contribution < 1.29 is 18.7 Å². The lowest BCUT2D eigenvalue weighted by atomic mass is 10.1. The Balaban J connectivity index is 1.37. The zero-order valence-electron chi connectivity index (χ0n) is 17.7. The fourth-order valence-electron chi connectivity index (χ4n) is 3.71. The van der Waals surface area contributed by atoms with Gasteiger partial charge in [0.15, 0.2) is 0 Å². The number of benzene rings is 3. The van der Waals surface area contributed by atoms with E-state index >= 15 is 0 Å². The molecule has 3 aromatic rings. The van der Waals surface area contributed by atoms with E-state index in [9.17, 15) is 19.2 Å². The molecule has 0 unspecified atom stereocenters. The minimum Gasteiger partial charge on any atom is -0.457 e. The summed E-state index contributed by atoms with van der Waals surface area (Å²) in [5, 5.41) is 9.26. The molecule has 1 aliphatic heterocycles. The van der Waals surface area contributed by atoms with Crippen LogP contribution in [-0.4, -0.2) is 42.9 Å². The number of hydrogen-bond donors (Lipinski definition) is 1. The maximum atomic E-state index is 13.9. The molecule has 2 amide bonds. The lowest BCUT2D eigenvalue weighted by Gasteiger charge is -2.36. The molecule has 1 fully saturated rings. The Kier molecular flexibility index (Phi) is 6.22. The number of hydrogen-bond acceptors (Lipinski definition) is 5. The van der Waals surface area contributed by atoms with Crippen LogP contribution in [0.25, 0.3) is 0 Å². The highest BCUT2D eigenvalue weighted by Gasteiger charge is 2.24. The van der Waals surface area contributed by atoms with E-state index < -0.39 is 11.7 Å². The van der Waals surface area contributed by atoms with E-state index in [4.69, 9.17) is 10.5 Å². The summed E-state index contributed by atoms with van der Waals surface area (Å²) in [6.45, 7) is 1.94. The van der Waals surface area contributed by atoms with Crippen LogP contribution in [0.4, 0.5) is 10.1 Å². The first-order chi connectivity index (χ1) is 16.0. The molecule has 0 spiro atoms. The van der Waals surface area contributed by atoms with E-state index in [0.29, 0.717) is 54.5 Å². The summed E-state index contributed by atoms with van der Waals surface area (Å²) >= 11 is 0. The first-order valence-corrected chi connectivity index (χ1v) is 10.4. The molecule has 0 aliphatic carbocycles. The smallest absolute Gasteiger partial charge is 0.253 e. The van der Waals surface area contributed by atoms with E-state index in [0.717, 1.165) is 0 Å². The lowest BCUT2D eigenvalue weighted by Crippen LogP contribution is -2.49. The summed E-state index contributed by atoms with van der Waals surface area (Å²) in [5.41, 5.74) is 6.73. The van der Waals surface area contributed by atoms with Gasteiger partial charge >= 0.3 is 0 Å². The molecule has 0 aromatic heterocycles. The zero-order chi connectivity index (χ0) is 23.4. The SMILES string of the molecule is N#Cc1c(F)cccc1N1CCN(C(=O)c2ccc(Oc3ccc(C(N)=O)cc3)cc2)CC1. The highest BCUT2D eigenvalue weighted by Crippen LogP contribution is 2.25. The molecule has 0 atom stereocenters. The van der Waals surface area contributed by atoms with Crippen LogP contribution in [0.15, 0.2) is 66.7 Å². The largest absolute Gasteiger partial charge is 0.457 e. The van der Waals surface area contributed by atoms with Crippen molar-refractivity contribution in [1.29, 1.82) is 5.26 Å². The first kappa shape index (κ1) is 21.8. The quantitative estimate of drug-likeness (QED) is 0.649. The summed E-state index contributed by atoms with van der Waals surface area (Å²) in [5.74, 6) is -0.0549. The molecule has 1 saturated heterocycles. The summed E-state index contributed by atoms with van der Waals surface area (Å²) in [4.78, 5) is 27.7. The standard InChI is InChI=1S/C25H21FN4O3/c26-22-2-1-3-23(21(22)16-27)29-12-14-30(15-13-29)25(32)18-6-10-20(11-7-18)33-19-8-4-17(5-9-19)24(28)31/h1-11H,12-15H2,(H2,28,31). The molecule has 33 heavy (non-hydrogen) atoms. The van der Waals surface area contributed by atoms with Gasteiger partial charge in [-0.3, -0.25) is 9.59 Å². The molecule has 0 bridgehead atoms. The van der Waals surface area contributed by atoms with Gasteiger partial charge in [0, 0.05) is 37.3 Å². The van der Waals surface area contributed by atoms with Gasteiger partial charge in [-0.25, -0.2) is 4.39 Å². The third-order valence-electron chi connectivity index (χ3n) is 5.49. The average molecular weight is 444 g/mol. The molecule has 0 radical (unpaired) electrons. The van der Waals surface area contributed by atoms with Gasteiger partial charge in [-0.05, 0) is 60.7 Å². The Morgan fingerprint density at radius 2 is 1.45 bits per heavy atom. The van der Waals surface area contributed by atoms with Gasteiger partial charge in [0.1, 0.15) is 28.9 Å². The molecule has 0 saturated carbocycles. The van der Waals surface area contributed by atoms with Crippen LogP contribution in [0, 0.1) is 17.1 Å². The highest BCUT2D eigenvalue weighted by molar-refractivity contribution is 5.94. The van der Waals surface area contributed by atoms with Gasteiger partial charge in [-0.15, -0.1) is 0 Å². The van der Waals surface area contributed by atoms with Gasteiger partial charge in [0.05, 0.1) is 5.69 Å². The van der Waals surface area contributed by atoms with Crippen molar-refractivity contribution in [2.24, 2.45) is 5.73 Å². The maximum Gasteiger partial charge on any atom is 0.253 e. The van der Waals surface area contributed by atoms with Gasteiger partial charge in [-0.1, -0.05) is 6.07 Å². The Hall–Kier alpha value is -4.38. The third-order valence-corrected chi connectivity index (χ3v) is 5.49. The van der Waals surface area contributed by atoms with E-state index in [1.165, 1.54) is 6.07 Å². The second-order valence-electron chi connectivity index (χ2n) is 7.54. The van der Waals surface area contributed by atoms with Gasteiger partial charge in [-0.2, -0.15) is 5.26 Å². The molecular weight excluding hydrogens is 423 g/mol. The number of nitrogens with two attached hydrogens (primary N) is 1. The molecule has 166 valence electrons. The van der Waals surface area contributed by atoms with Crippen molar-refractivity contribution in [3.63, 3.8) is 0 Å². The highest BCUT2D eigenvalue weighted by atomic mass is 19.1. The van der Waals surface area contributed by atoms with E-state index in [-0.39, 0.29) is 11.5 Å². The predicted molar refractivity (Wildman–Crippen MR) is 121 cm³/mol. The number of ether oxygens (including phenoxy) is 1. The Bertz CT molecular complexity index is 1210. The number of nitriles is 1. The molecule has 1 aliphatic rings. The predicted octanol–water partition coefficient (Wildman–Crippen LogP) is 3.55. The Labute approximate surface area is 190 Å². The lowest BCUT2D eigenvalue weighted by molar-refractivity contribution is 0.0746. The van der Waals surface area contributed by atoms with Gasteiger partial charge < -0.3 is 20.3 Å². The number of primary amides is 1. The van der Waals surface area contributed by atoms with Crippen molar-refractivity contribution in [1.82, 2.24) is 4.90 Å². The zero-order valence-corrected chi connectivity index (χ0v) is 17.7. The summed E-state index contributed by atoms with van der Waals surface area (Å²) in [7, 11) is 0. The monoisotopic (exact) mass is 444 g/mol. The van der Waals surface area contributed by atoms with E-state index in [1.54, 1.807) is 65.6 Å². The number of piperazine rings is 1. The van der Waals surface area contributed by atoms with Gasteiger partial charge in [0.25, 0.3) is 5.91 Å². The first-order valence-electron chi connectivity index (χ1n) is 10.4. The van der Waals surface area contributed by atoms with Crippen molar-refractivity contribution in [3.05, 3.63) is 89.2 Å². The van der Waals surface area contributed by atoms with E-state index in [2.05, 4.69) is 0 Å². The third kappa shape index (κ3) is 4.77. The topological polar surface area (TPSA) is 99.7 Å². The number of anilines is 1. The van der Waals surface area contributed by atoms with Crippen LogP contribution in [0.1, 0.15) is 26.3 Å². The summed E-state index contributed by atoms with van der Waals surface area (Å²) in [6.07, 6.45) is 0. The molecule has 7 nitrogen and oxygen atoms in total. The number of carbonyl (C=O) groups is 2. The fourth-order valence-corrected chi connectivity index (χ4v) is 3.71. The number of rotatable bonds is 5. The molecule has 8 heteroatoms. The number of halogens is 1. The Morgan fingerprint density at radius 3 is 2.00 bits per heavy atom. The second kappa shape index (κ2) is 9.40. The minimum atomic E-state index is -0.542. The minimum absolute atomic E-state index is 0.0251. The van der Waals surface area contributed by atoms with Gasteiger partial charge in [0.2, 0.25) is 5.91 Å². The van der Waals surface area contributed by atoms with Crippen LogP contribution < -0.4 is 15.4 Å². The van der Waals surface area contributed by atoms with Crippen LogP contribution in [0.3, 0.4) is 0 Å². The average Bonchev–Trinajstić information content (AvgIpc) is 2.84. The summed E-state index contributed by atoms with van der Waals surface area (Å²) < 4.78 is 19.7. The molecular formula is C25H21FN4O3. The van der Waals surface area contributed by atoms with Crippen molar-refractivity contribution in [3.8, 4) is 17.6 Å². The normalized spacial score (nSPS) is 13.3. The Morgan fingerprint density at radius 1 is 0.879 bits per heavy atom. The number of nitrogens with zero attached hydrogens (tertiary/aromatic N) is 3. The van der Waals surface area contributed by atoms with Crippen LogP contribution in [0.2, 0.25) is 0 Å². The van der Waals surface area contributed by atoms with Crippen molar-refractivity contribution in [2.45, 2.75) is 0 Å². The molecule has 3 aromatic carbocycles. The van der Waals surface area contributed by atoms with Crippen LogP contribution in [-0.2, 0) is 0 Å². The number of amides is 2.